The molecular weight excluding hydrogens is 284 g/mol. The molecule has 23 heavy (non-hydrogen) atoms. The minimum Gasteiger partial charge on any atom is -0.393 e. The first-order valence-corrected chi connectivity index (χ1v) is 9.78. The van der Waals surface area contributed by atoms with E-state index in [1.807, 2.05) is 13.0 Å². The lowest BCUT2D eigenvalue weighted by Gasteiger charge is -2.58. The molecule has 3 fully saturated rings. The van der Waals surface area contributed by atoms with Gasteiger partial charge in [0, 0.05) is 6.42 Å². The number of carbonyl (C=O) groups is 1. The van der Waals surface area contributed by atoms with Crippen LogP contribution in [0.4, 0.5) is 0 Å². The van der Waals surface area contributed by atoms with Gasteiger partial charge in [0.15, 0.2) is 5.78 Å². The van der Waals surface area contributed by atoms with Gasteiger partial charge in [0.25, 0.3) is 0 Å². The zero-order chi connectivity index (χ0) is 16.4. The fourth-order valence-corrected chi connectivity index (χ4v) is 7.39. The summed E-state index contributed by atoms with van der Waals surface area (Å²) in [4.78, 5) is 11.9. The Bertz CT molecular complexity index is 548. The topological polar surface area (TPSA) is 37.3 Å². The van der Waals surface area contributed by atoms with Crippen LogP contribution in [-0.4, -0.2) is 17.0 Å². The van der Waals surface area contributed by atoms with E-state index < -0.39 is 0 Å². The Morgan fingerprint density at radius 1 is 1.09 bits per heavy atom. The zero-order valence-corrected chi connectivity index (χ0v) is 15.0. The Hall–Kier alpha value is -0.630. The van der Waals surface area contributed by atoms with E-state index in [-0.39, 0.29) is 11.5 Å². The highest BCUT2D eigenvalue weighted by Gasteiger charge is 2.59. The van der Waals surface area contributed by atoms with Gasteiger partial charge in [-0.05, 0) is 92.4 Å². The summed E-state index contributed by atoms with van der Waals surface area (Å²) in [5.74, 6) is 3.21. The number of hydrogen-bond donors (Lipinski definition) is 1. The number of rotatable bonds is 1. The molecule has 128 valence electrons. The lowest BCUT2D eigenvalue weighted by molar-refractivity contribution is -0.117. The molecule has 0 saturated heterocycles. The third-order valence-corrected chi connectivity index (χ3v) is 8.62. The van der Waals surface area contributed by atoms with Gasteiger partial charge in [-0.3, -0.25) is 4.79 Å². The third kappa shape index (κ3) is 2.13. The molecule has 4 aliphatic carbocycles. The normalized spacial score (nSPS) is 50.6. The summed E-state index contributed by atoms with van der Waals surface area (Å²) in [7, 11) is 0. The maximum absolute atomic E-state index is 11.9. The van der Waals surface area contributed by atoms with E-state index in [0.717, 1.165) is 37.0 Å². The van der Waals surface area contributed by atoms with Gasteiger partial charge in [-0.2, -0.15) is 0 Å². The Morgan fingerprint density at radius 3 is 2.61 bits per heavy atom. The number of hydrogen-bond acceptors (Lipinski definition) is 2. The average molecular weight is 316 g/mol. The van der Waals surface area contributed by atoms with Crippen LogP contribution in [0, 0.1) is 34.5 Å². The standard InChI is InChI=1S/C21H32O2/c1-13(22)17-6-7-18-16-5-4-14-12-15(23)8-10-20(14,2)19(16)9-11-21(17,18)3/h12-13,16-19,22H,4-11H2,1-3H3/t13?,16?,17-,18?,19?,20+,21-/m1/s1. The number of aliphatic hydroxyl groups is 1. The first kappa shape index (κ1) is 15.9. The average Bonchev–Trinajstić information content (AvgIpc) is 2.85. The van der Waals surface area contributed by atoms with E-state index in [0.29, 0.717) is 17.1 Å². The fraction of sp³-hybridized carbons (Fsp3) is 0.857. The van der Waals surface area contributed by atoms with Crippen molar-refractivity contribution < 1.29 is 9.90 Å². The monoisotopic (exact) mass is 316 g/mol. The molecule has 2 nitrogen and oxygen atoms in total. The van der Waals surface area contributed by atoms with E-state index in [2.05, 4.69) is 13.8 Å². The van der Waals surface area contributed by atoms with Crippen molar-refractivity contribution in [2.45, 2.75) is 78.2 Å². The number of fused-ring (bicyclic) bond motifs is 5. The predicted molar refractivity (Wildman–Crippen MR) is 91.9 cm³/mol. The molecule has 0 heterocycles. The molecule has 3 saturated carbocycles. The summed E-state index contributed by atoms with van der Waals surface area (Å²) < 4.78 is 0. The highest BCUT2D eigenvalue weighted by Crippen LogP contribution is 2.66. The van der Waals surface area contributed by atoms with Crippen molar-refractivity contribution in [3.63, 3.8) is 0 Å². The zero-order valence-electron chi connectivity index (χ0n) is 15.0. The fourth-order valence-electron chi connectivity index (χ4n) is 7.39. The van der Waals surface area contributed by atoms with E-state index in [1.54, 1.807) is 0 Å². The van der Waals surface area contributed by atoms with Crippen LogP contribution in [0.25, 0.3) is 0 Å². The molecule has 2 heteroatoms. The highest BCUT2D eigenvalue weighted by atomic mass is 16.3. The quantitative estimate of drug-likeness (QED) is 0.772. The molecule has 0 aliphatic heterocycles. The van der Waals surface area contributed by atoms with Gasteiger partial charge in [-0.15, -0.1) is 0 Å². The summed E-state index contributed by atoms with van der Waals surface area (Å²) in [6.45, 7) is 6.92. The Balaban J connectivity index is 1.66. The van der Waals surface area contributed by atoms with Crippen LogP contribution >= 0.6 is 0 Å². The lowest BCUT2D eigenvalue weighted by atomic mass is 9.46. The van der Waals surface area contributed by atoms with Crippen LogP contribution in [0.2, 0.25) is 0 Å². The maximum atomic E-state index is 11.9. The number of carbonyl (C=O) groups excluding carboxylic acids is 1. The van der Waals surface area contributed by atoms with Crippen molar-refractivity contribution in [3.8, 4) is 0 Å². The summed E-state index contributed by atoms with van der Waals surface area (Å²) in [5, 5.41) is 10.3. The second-order valence-electron chi connectivity index (χ2n) is 9.44. The van der Waals surface area contributed by atoms with Crippen LogP contribution in [0.1, 0.15) is 72.1 Å². The first-order valence-electron chi connectivity index (χ1n) is 9.78. The van der Waals surface area contributed by atoms with Crippen molar-refractivity contribution in [3.05, 3.63) is 11.6 Å². The summed E-state index contributed by atoms with van der Waals surface area (Å²) in [6.07, 6.45) is 11.1. The molecule has 0 amide bonds. The van der Waals surface area contributed by atoms with E-state index in [9.17, 15) is 9.90 Å². The minimum absolute atomic E-state index is 0.163. The van der Waals surface area contributed by atoms with Crippen molar-refractivity contribution in [2.75, 3.05) is 0 Å². The largest absolute Gasteiger partial charge is 0.393 e. The molecule has 0 aromatic rings. The van der Waals surface area contributed by atoms with Crippen LogP contribution < -0.4 is 0 Å². The van der Waals surface area contributed by atoms with Gasteiger partial charge < -0.3 is 5.11 Å². The van der Waals surface area contributed by atoms with Gasteiger partial charge in [0.1, 0.15) is 0 Å². The van der Waals surface area contributed by atoms with Crippen LogP contribution in [0.3, 0.4) is 0 Å². The maximum Gasteiger partial charge on any atom is 0.155 e. The number of aliphatic hydroxyl groups excluding tert-OH is 1. The van der Waals surface area contributed by atoms with E-state index >= 15 is 0 Å². The lowest BCUT2D eigenvalue weighted by Crippen LogP contribution is -2.51. The smallest absolute Gasteiger partial charge is 0.155 e. The second kappa shape index (κ2) is 5.18. The Kier molecular flexibility index (Phi) is 3.58. The third-order valence-electron chi connectivity index (χ3n) is 8.62. The van der Waals surface area contributed by atoms with Gasteiger partial charge >= 0.3 is 0 Å². The molecular formula is C21H32O2. The van der Waals surface area contributed by atoms with Gasteiger partial charge in [0.2, 0.25) is 0 Å². The van der Waals surface area contributed by atoms with Crippen LogP contribution in [0.5, 0.6) is 0 Å². The highest BCUT2D eigenvalue weighted by molar-refractivity contribution is 5.91. The first-order chi connectivity index (χ1) is 10.9. The minimum atomic E-state index is -0.163. The molecule has 4 unspecified atom stereocenters. The summed E-state index contributed by atoms with van der Waals surface area (Å²) in [5.41, 5.74) is 2.09. The van der Waals surface area contributed by atoms with Crippen LogP contribution in [-0.2, 0) is 4.79 Å². The van der Waals surface area contributed by atoms with Gasteiger partial charge in [0.05, 0.1) is 6.10 Å². The number of ketones is 1. The van der Waals surface area contributed by atoms with E-state index in [1.165, 1.54) is 37.7 Å². The van der Waals surface area contributed by atoms with E-state index in [4.69, 9.17) is 0 Å². The van der Waals surface area contributed by atoms with Crippen molar-refractivity contribution in [1.29, 1.82) is 0 Å². The van der Waals surface area contributed by atoms with Crippen molar-refractivity contribution in [2.24, 2.45) is 34.5 Å². The number of allylic oxidation sites excluding steroid dienone is 1. The van der Waals surface area contributed by atoms with Crippen molar-refractivity contribution >= 4 is 5.78 Å². The molecule has 0 radical (unpaired) electrons. The Labute approximate surface area is 140 Å². The summed E-state index contributed by atoms with van der Waals surface area (Å²) >= 11 is 0. The summed E-state index contributed by atoms with van der Waals surface area (Å²) in [6, 6.07) is 0. The van der Waals surface area contributed by atoms with Crippen molar-refractivity contribution in [1.82, 2.24) is 0 Å². The van der Waals surface area contributed by atoms with Gasteiger partial charge in [-0.25, -0.2) is 0 Å². The molecule has 1 N–H and O–H groups in total. The van der Waals surface area contributed by atoms with Crippen LogP contribution in [0.15, 0.2) is 11.6 Å². The van der Waals surface area contributed by atoms with Gasteiger partial charge in [-0.1, -0.05) is 19.4 Å². The Morgan fingerprint density at radius 2 is 1.87 bits per heavy atom. The molecule has 0 bridgehead atoms. The molecule has 4 aliphatic rings. The molecule has 0 aromatic heterocycles. The predicted octanol–water partition coefficient (Wildman–Crippen LogP) is 4.52. The molecule has 7 atom stereocenters. The molecule has 0 spiro atoms. The molecule has 0 aromatic carbocycles. The second-order valence-corrected chi connectivity index (χ2v) is 9.44. The SMILES string of the molecule is CC(O)[C@H]1CCC2C3CCC4=CC(=O)CC[C@]4(C)C3CC[C@@]21C. The molecule has 4 rings (SSSR count).